The van der Waals surface area contributed by atoms with E-state index in [1.807, 2.05) is 0 Å². The zero-order valence-corrected chi connectivity index (χ0v) is 22.8. The van der Waals surface area contributed by atoms with Crippen LogP contribution in [0.3, 0.4) is 0 Å². The maximum absolute atomic E-state index is 13.1. The number of aryl methyl sites for hydroxylation is 1. The van der Waals surface area contributed by atoms with Crippen molar-refractivity contribution in [2.75, 3.05) is 30.8 Å². The number of esters is 1. The van der Waals surface area contributed by atoms with E-state index in [0.717, 1.165) is 9.87 Å². The molecule has 204 valence electrons. The van der Waals surface area contributed by atoms with Crippen molar-refractivity contribution in [2.45, 2.75) is 37.4 Å². The van der Waals surface area contributed by atoms with Gasteiger partial charge >= 0.3 is 12.1 Å². The number of ether oxygens (including phenoxy) is 2. The molecule has 0 radical (unpaired) electrons. The van der Waals surface area contributed by atoms with E-state index in [1.165, 1.54) is 41.4 Å². The van der Waals surface area contributed by atoms with Gasteiger partial charge in [-0.15, -0.1) is 0 Å². The molecule has 1 amide bonds. The zero-order chi connectivity index (χ0) is 28.0. The number of amides is 1. The predicted molar refractivity (Wildman–Crippen MR) is 139 cm³/mol. The number of hydrogen-bond donors (Lipinski definition) is 1. The highest BCUT2D eigenvalue weighted by Crippen LogP contribution is 2.27. The van der Waals surface area contributed by atoms with Gasteiger partial charge in [0.25, 0.3) is 10.0 Å². The summed E-state index contributed by atoms with van der Waals surface area (Å²) in [6, 6.07) is 7.12. The summed E-state index contributed by atoms with van der Waals surface area (Å²) in [5.74, 6) is -0.0895. The molecule has 14 heteroatoms. The van der Waals surface area contributed by atoms with Crippen molar-refractivity contribution in [3.05, 3.63) is 54.6 Å². The topological polar surface area (TPSA) is 149 Å². The maximum atomic E-state index is 13.1. The standard InChI is InChI=1S/C24H31N7O6S/c1-16(2)36-23(32)19(13-17-7-9-18(10-8-17)37-24(33)29(3)4)27-22-20(14-25-15-26-22)31(6)38(34,35)21-11-12-30(5)28-21/h7-12,14-16,19H,13H2,1-6H3,(H,25,26,27)/t19-/m0/s1. The summed E-state index contributed by atoms with van der Waals surface area (Å²) in [4.78, 5) is 34.3. The highest BCUT2D eigenvalue weighted by molar-refractivity contribution is 7.92. The molecule has 3 rings (SSSR count). The van der Waals surface area contributed by atoms with E-state index in [4.69, 9.17) is 9.47 Å². The molecule has 38 heavy (non-hydrogen) atoms. The number of benzene rings is 1. The van der Waals surface area contributed by atoms with Crippen LogP contribution in [0.4, 0.5) is 16.3 Å². The Bertz CT molecular complexity index is 1370. The van der Waals surface area contributed by atoms with Crippen LogP contribution < -0.4 is 14.4 Å². The summed E-state index contributed by atoms with van der Waals surface area (Å²) in [5.41, 5.74) is 0.851. The third-order valence-corrected chi connectivity index (χ3v) is 6.89. The number of hydrogen-bond acceptors (Lipinski definition) is 10. The largest absolute Gasteiger partial charge is 0.461 e. The minimum Gasteiger partial charge on any atom is -0.461 e. The minimum atomic E-state index is -4.03. The lowest BCUT2D eigenvalue weighted by molar-refractivity contribution is -0.148. The van der Waals surface area contributed by atoms with Crippen LogP contribution in [0.5, 0.6) is 5.75 Å². The number of rotatable bonds is 10. The summed E-state index contributed by atoms with van der Waals surface area (Å²) in [6.45, 7) is 3.46. The van der Waals surface area contributed by atoms with Gasteiger partial charge in [-0.25, -0.2) is 19.6 Å². The molecule has 13 nitrogen and oxygen atoms in total. The number of nitrogens with zero attached hydrogens (tertiary/aromatic N) is 6. The Labute approximate surface area is 221 Å². The molecular formula is C24H31N7O6S. The average molecular weight is 546 g/mol. The highest BCUT2D eigenvalue weighted by Gasteiger charge is 2.29. The van der Waals surface area contributed by atoms with Crippen LogP contribution in [0, 0.1) is 0 Å². The van der Waals surface area contributed by atoms with Gasteiger partial charge in [0.1, 0.15) is 23.8 Å². The van der Waals surface area contributed by atoms with Crippen LogP contribution in [0.25, 0.3) is 0 Å². The molecule has 0 aliphatic carbocycles. The second-order valence-electron chi connectivity index (χ2n) is 8.85. The van der Waals surface area contributed by atoms with Crippen molar-refractivity contribution in [2.24, 2.45) is 7.05 Å². The smallest absolute Gasteiger partial charge is 0.414 e. The Balaban J connectivity index is 1.87. The molecule has 0 saturated heterocycles. The Kier molecular flexibility index (Phi) is 8.88. The van der Waals surface area contributed by atoms with E-state index in [9.17, 15) is 18.0 Å². The molecule has 0 aliphatic rings. The second kappa shape index (κ2) is 11.9. The Hall–Kier alpha value is -4.20. The highest BCUT2D eigenvalue weighted by atomic mass is 32.2. The van der Waals surface area contributed by atoms with E-state index >= 15 is 0 Å². The second-order valence-corrected chi connectivity index (χ2v) is 10.8. The number of carbonyl (C=O) groups excluding carboxylic acids is 2. The number of anilines is 2. The van der Waals surface area contributed by atoms with Crippen LogP contribution in [0.2, 0.25) is 0 Å². The van der Waals surface area contributed by atoms with Gasteiger partial charge in [-0.05, 0) is 37.6 Å². The molecule has 0 fully saturated rings. The van der Waals surface area contributed by atoms with Crippen LogP contribution in [0.15, 0.2) is 54.1 Å². The molecule has 3 aromatic rings. The van der Waals surface area contributed by atoms with Gasteiger partial charge in [-0.2, -0.15) is 13.5 Å². The predicted octanol–water partition coefficient (Wildman–Crippen LogP) is 2.07. The van der Waals surface area contributed by atoms with Crippen molar-refractivity contribution < 1.29 is 27.5 Å². The monoisotopic (exact) mass is 545 g/mol. The van der Waals surface area contributed by atoms with Gasteiger partial charge < -0.3 is 19.7 Å². The van der Waals surface area contributed by atoms with Gasteiger partial charge in [0.2, 0.25) is 0 Å². The Morgan fingerprint density at radius 2 is 1.79 bits per heavy atom. The average Bonchev–Trinajstić information content (AvgIpc) is 3.31. The first kappa shape index (κ1) is 28.4. The van der Waals surface area contributed by atoms with Crippen LogP contribution in [0.1, 0.15) is 19.4 Å². The van der Waals surface area contributed by atoms with Crippen molar-refractivity contribution in [3.8, 4) is 5.75 Å². The number of aromatic nitrogens is 4. The molecular weight excluding hydrogens is 514 g/mol. The Morgan fingerprint density at radius 3 is 2.37 bits per heavy atom. The lowest BCUT2D eigenvalue weighted by Crippen LogP contribution is -2.36. The SMILES string of the molecule is CC(C)OC(=O)[C@H](Cc1ccc(OC(=O)N(C)C)cc1)Nc1ncncc1N(C)S(=O)(=O)c1ccn(C)n1. The third kappa shape index (κ3) is 6.97. The number of nitrogens with one attached hydrogen (secondary N) is 1. The lowest BCUT2D eigenvalue weighted by atomic mass is 10.1. The van der Waals surface area contributed by atoms with Gasteiger partial charge in [0.05, 0.1) is 12.3 Å². The van der Waals surface area contributed by atoms with Crippen molar-refractivity contribution in [3.63, 3.8) is 0 Å². The maximum Gasteiger partial charge on any atom is 0.414 e. The van der Waals surface area contributed by atoms with Gasteiger partial charge in [-0.1, -0.05) is 12.1 Å². The van der Waals surface area contributed by atoms with E-state index in [-0.39, 0.29) is 29.1 Å². The molecule has 0 bridgehead atoms. The van der Waals surface area contributed by atoms with Crippen LogP contribution in [-0.4, -0.2) is 78.4 Å². The summed E-state index contributed by atoms with van der Waals surface area (Å²) in [5, 5.41) is 6.86. The normalized spacial score (nSPS) is 12.1. The lowest BCUT2D eigenvalue weighted by Gasteiger charge is -2.24. The molecule has 1 aromatic carbocycles. The molecule has 0 saturated carbocycles. The third-order valence-electron chi connectivity index (χ3n) is 5.23. The summed E-state index contributed by atoms with van der Waals surface area (Å²) in [6.07, 6.45) is 3.37. The Morgan fingerprint density at radius 1 is 1.11 bits per heavy atom. The quantitative estimate of drug-likeness (QED) is 0.375. The number of carbonyl (C=O) groups is 2. The van der Waals surface area contributed by atoms with E-state index in [1.54, 1.807) is 59.3 Å². The molecule has 0 spiro atoms. The van der Waals surface area contributed by atoms with Crippen LogP contribution in [-0.2, 0) is 33.0 Å². The fourth-order valence-electron chi connectivity index (χ4n) is 3.26. The first-order valence-corrected chi connectivity index (χ1v) is 13.1. The summed E-state index contributed by atoms with van der Waals surface area (Å²) in [7, 11) is 2.09. The number of sulfonamides is 1. The fourth-order valence-corrected chi connectivity index (χ4v) is 4.40. The van der Waals surface area contributed by atoms with Crippen molar-refractivity contribution in [1.82, 2.24) is 24.6 Å². The molecule has 1 atom stereocenters. The van der Waals surface area contributed by atoms with E-state index in [0.29, 0.717) is 5.75 Å². The first-order valence-electron chi connectivity index (χ1n) is 11.6. The molecule has 0 aliphatic heterocycles. The molecule has 2 aromatic heterocycles. The molecule has 2 heterocycles. The van der Waals surface area contributed by atoms with E-state index < -0.39 is 28.1 Å². The molecule has 1 N–H and O–H groups in total. The van der Waals surface area contributed by atoms with Crippen LogP contribution >= 0.6 is 0 Å². The van der Waals surface area contributed by atoms with Crippen molar-refractivity contribution >= 4 is 33.6 Å². The molecule has 0 unspecified atom stereocenters. The fraction of sp³-hybridized carbons (Fsp3) is 0.375. The summed E-state index contributed by atoms with van der Waals surface area (Å²) < 4.78 is 39.3. The summed E-state index contributed by atoms with van der Waals surface area (Å²) >= 11 is 0. The zero-order valence-electron chi connectivity index (χ0n) is 22.0. The minimum absolute atomic E-state index is 0.115. The van der Waals surface area contributed by atoms with E-state index in [2.05, 4.69) is 20.4 Å². The van der Waals surface area contributed by atoms with Gasteiger partial charge in [0, 0.05) is 40.8 Å². The first-order chi connectivity index (χ1) is 17.9. The van der Waals surface area contributed by atoms with Gasteiger partial charge in [-0.3, -0.25) is 8.99 Å². The van der Waals surface area contributed by atoms with Gasteiger partial charge in [0.15, 0.2) is 10.8 Å². The van der Waals surface area contributed by atoms with Crippen molar-refractivity contribution in [1.29, 1.82) is 0 Å².